The third-order valence-electron chi connectivity index (χ3n) is 5.09. The van der Waals surface area contributed by atoms with Gasteiger partial charge in [0.15, 0.2) is 0 Å². The standard InChI is InChI=1S/C25H35N3O6/c1-23(2,3)25(32,21(29)30)16-33-19-9-7-17(8-10-19)18-11-12-26-20(15-18)27-13-14-28-22(31)34-24(4,5)6/h7-12,15,32H,13-14,16H2,1-6H3,(H,26,27)(H,28,31)(H,29,30)/t25-/m1/s1. The lowest BCUT2D eigenvalue weighted by Gasteiger charge is -2.35. The van der Waals surface area contributed by atoms with Gasteiger partial charge in [-0.3, -0.25) is 0 Å². The van der Waals surface area contributed by atoms with E-state index >= 15 is 0 Å². The monoisotopic (exact) mass is 473 g/mol. The Balaban J connectivity index is 1.94. The normalized spacial score (nSPS) is 13.5. The predicted octanol–water partition coefficient (Wildman–Crippen LogP) is 3.93. The highest BCUT2D eigenvalue weighted by Gasteiger charge is 2.48. The number of carboxylic acids is 1. The van der Waals surface area contributed by atoms with Crippen LogP contribution >= 0.6 is 0 Å². The number of carbonyl (C=O) groups is 2. The lowest BCUT2D eigenvalue weighted by Crippen LogP contribution is -2.54. The minimum atomic E-state index is -2.02. The highest BCUT2D eigenvalue weighted by Crippen LogP contribution is 2.32. The summed E-state index contributed by atoms with van der Waals surface area (Å²) < 4.78 is 10.8. The Labute approximate surface area is 200 Å². The zero-order valence-corrected chi connectivity index (χ0v) is 20.6. The molecule has 1 atom stereocenters. The van der Waals surface area contributed by atoms with Crippen molar-refractivity contribution in [2.75, 3.05) is 25.0 Å². The number of hydrogen-bond acceptors (Lipinski definition) is 7. The molecule has 9 nitrogen and oxygen atoms in total. The van der Waals surface area contributed by atoms with Crippen molar-refractivity contribution < 1.29 is 29.3 Å². The van der Waals surface area contributed by atoms with E-state index in [1.165, 1.54) is 0 Å². The summed E-state index contributed by atoms with van der Waals surface area (Å²) >= 11 is 0. The first-order valence-electron chi connectivity index (χ1n) is 11.1. The molecule has 0 fully saturated rings. The van der Waals surface area contributed by atoms with Gasteiger partial charge in [0.1, 0.15) is 23.8 Å². The minimum absolute atomic E-state index is 0.369. The number of aliphatic hydroxyl groups is 1. The minimum Gasteiger partial charge on any atom is -0.490 e. The van der Waals surface area contributed by atoms with Crippen molar-refractivity contribution in [1.82, 2.24) is 10.3 Å². The van der Waals surface area contributed by atoms with Gasteiger partial charge in [0.05, 0.1) is 0 Å². The molecule has 0 unspecified atom stereocenters. The fraction of sp³-hybridized carbons (Fsp3) is 0.480. The summed E-state index contributed by atoms with van der Waals surface area (Å²) in [6, 6.07) is 10.9. The van der Waals surface area contributed by atoms with E-state index in [0.29, 0.717) is 24.7 Å². The molecule has 0 aliphatic heterocycles. The Kier molecular flexibility index (Phi) is 8.50. The SMILES string of the molecule is CC(C)(C)OC(=O)NCCNc1cc(-c2ccc(OC[C@@](O)(C(=O)O)C(C)(C)C)cc2)ccn1. The molecule has 4 N–H and O–H groups in total. The second kappa shape index (κ2) is 10.7. The number of carbonyl (C=O) groups excluding carboxylic acids is 1. The summed E-state index contributed by atoms with van der Waals surface area (Å²) in [6.45, 7) is 10.9. The number of aliphatic carboxylic acids is 1. The Morgan fingerprint density at radius 2 is 1.62 bits per heavy atom. The molecule has 0 saturated heterocycles. The van der Waals surface area contributed by atoms with Gasteiger partial charge >= 0.3 is 12.1 Å². The van der Waals surface area contributed by atoms with Gasteiger partial charge in [-0.1, -0.05) is 32.9 Å². The zero-order chi connectivity index (χ0) is 25.6. The van der Waals surface area contributed by atoms with E-state index in [1.54, 1.807) is 59.9 Å². The molecule has 0 aliphatic carbocycles. The fourth-order valence-corrected chi connectivity index (χ4v) is 2.91. The van der Waals surface area contributed by atoms with E-state index < -0.39 is 28.7 Å². The van der Waals surface area contributed by atoms with E-state index in [1.807, 2.05) is 24.3 Å². The van der Waals surface area contributed by atoms with E-state index in [-0.39, 0.29) is 6.61 Å². The Hall–Kier alpha value is -3.33. The number of alkyl carbamates (subject to hydrolysis) is 1. The fourth-order valence-electron chi connectivity index (χ4n) is 2.91. The largest absolute Gasteiger partial charge is 0.490 e. The van der Waals surface area contributed by atoms with Crippen LogP contribution in [0.3, 0.4) is 0 Å². The number of rotatable bonds is 9. The molecule has 186 valence electrons. The van der Waals surface area contributed by atoms with E-state index in [4.69, 9.17) is 9.47 Å². The predicted molar refractivity (Wildman–Crippen MR) is 130 cm³/mol. The quantitative estimate of drug-likeness (QED) is 0.403. The van der Waals surface area contributed by atoms with Gasteiger partial charge in [0.2, 0.25) is 5.60 Å². The third-order valence-corrected chi connectivity index (χ3v) is 5.09. The molecule has 2 rings (SSSR count). The molecule has 0 saturated carbocycles. The molecule has 9 heteroatoms. The lowest BCUT2D eigenvalue weighted by molar-refractivity contribution is -0.176. The average molecular weight is 474 g/mol. The van der Waals surface area contributed by atoms with Crippen molar-refractivity contribution >= 4 is 17.9 Å². The highest BCUT2D eigenvalue weighted by atomic mass is 16.6. The summed E-state index contributed by atoms with van der Waals surface area (Å²) in [6.07, 6.45) is 1.21. The zero-order valence-electron chi connectivity index (χ0n) is 20.6. The maximum atomic E-state index is 11.7. The molecule has 2 aromatic rings. The number of aromatic nitrogens is 1. The van der Waals surface area contributed by atoms with Crippen LogP contribution in [0, 0.1) is 5.41 Å². The Morgan fingerprint density at radius 1 is 0.971 bits per heavy atom. The van der Waals surface area contributed by atoms with Crippen LogP contribution in [0.25, 0.3) is 11.1 Å². The summed E-state index contributed by atoms with van der Waals surface area (Å²) in [4.78, 5) is 27.6. The van der Waals surface area contributed by atoms with Crippen LogP contribution < -0.4 is 15.4 Å². The molecule has 1 aromatic carbocycles. The third kappa shape index (κ3) is 7.62. The van der Waals surface area contributed by atoms with Crippen molar-refractivity contribution in [1.29, 1.82) is 0 Å². The summed E-state index contributed by atoms with van der Waals surface area (Å²) in [5, 5.41) is 25.8. The summed E-state index contributed by atoms with van der Waals surface area (Å²) in [5.41, 5.74) is -1.63. The van der Waals surface area contributed by atoms with Gasteiger partial charge in [-0.2, -0.15) is 0 Å². The average Bonchev–Trinajstić information content (AvgIpc) is 2.73. The van der Waals surface area contributed by atoms with Gasteiger partial charge in [-0.15, -0.1) is 0 Å². The molecule has 0 aliphatic rings. The number of benzene rings is 1. The molecule has 0 radical (unpaired) electrons. The van der Waals surface area contributed by atoms with Crippen LogP contribution in [0.4, 0.5) is 10.6 Å². The van der Waals surface area contributed by atoms with Crippen LogP contribution in [0.1, 0.15) is 41.5 Å². The van der Waals surface area contributed by atoms with Crippen LogP contribution in [0.5, 0.6) is 5.75 Å². The number of amides is 1. The number of ether oxygens (including phenoxy) is 2. The smallest absolute Gasteiger partial charge is 0.407 e. The highest BCUT2D eigenvalue weighted by molar-refractivity contribution is 5.78. The Morgan fingerprint density at radius 3 is 2.18 bits per heavy atom. The molecule has 1 heterocycles. The second-order valence-electron chi connectivity index (χ2n) is 10.0. The molecule has 34 heavy (non-hydrogen) atoms. The number of hydrogen-bond donors (Lipinski definition) is 4. The molecule has 0 spiro atoms. The number of carboxylic acid groups (broad SMARTS) is 1. The van der Waals surface area contributed by atoms with Crippen LogP contribution in [0.2, 0.25) is 0 Å². The van der Waals surface area contributed by atoms with E-state index in [0.717, 1.165) is 11.1 Å². The first-order valence-corrected chi connectivity index (χ1v) is 11.1. The van der Waals surface area contributed by atoms with Crippen LogP contribution in [0.15, 0.2) is 42.6 Å². The number of pyridine rings is 1. The van der Waals surface area contributed by atoms with Gasteiger partial charge in [-0.05, 0) is 56.2 Å². The van der Waals surface area contributed by atoms with Crippen LogP contribution in [-0.4, -0.2) is 58.2 Å². The van der Waals surface area contributed by atoms with Gasteiger partial charge in [-0.25, -0.2) is 14.6 Å². The van der Waals surface area contributed by atoms with Gasteiger partial charge in [0, 0.05) is 24.7 Å². The number of anilines is 1. The van der Waals surface area contributed by atoms with Gasteiger partial charge in [0.25, 0.3) is 0 Å². The van der Waals surface area contributed by atoms with Crippen molar-refractivity contribution in [3.8, 4) is 16.9 Å². The van der Waals surface area contributed by atoms with Crippen molar-refractivity contribution in [3.63, 3.8) is 0 Å². The molecule has 1 amide bonds. The first kappa shape index (κ1) is 26.9. The maximum absolute atomic E-state index is 11.7. The van der Waals surface area contributed by atoms with Crippen molar-refractivity contribution in [2.24, 2.45) is 5.41 Å². The van der Waals surface area contributed by atoms with E-state index in [9.17, 15) is 19.8 Å². The topological polar surface area (TPSA) is 130 Å². The number of nitrogens with zero attached hydrogens (tertiary/aromatic N) is 1. The number of nitrogens with one attached hydrogen (secondary N) is 2. The summed E-state index contributed by atoms with van der Waals surface area (Å²) in [7, 11) is 0. The molecule has 1 aromatic heterocycles. The summed E-state index contributed by atoms with van der Waals surface area (Å²) in [5.74, 6) is -0.219. The second-order valence-corrected chi connectivity index (χ2v) is 10.0. The van der Waals surface area contributed by atoms with Crippen molar-refractivity contribution in [3.05, 3.63) is 42.6 Å². The Bertz CT molecular complexity index is 979. The van der Waals surface area contributed by atoms with E-state index in [2.05, 4.69) is 15.6 Å². The molecular formula is C25H35N3O6. The lowest BCUT2D eigenvalue weighted by atomic mass is 9.77. The molecule has 0 bridgehead atoms. The van der Waals surface area contributed by atoms with Crippen LogP contribution in [-0.2, 0) is 9.53 Å². The molecular weight excluding hydrogens is 438 g/mol. The maximum Gasteiger partial charge on any atom is 0.407 e. The van der Waals surface area contributed by atoms with Gasteiger partial charge < -0.3 is 30.3 Å². The first-order chi connectivity index (χ1) is 15.7. The van der Waals surface area contributed by atoms with Crippen molar-refractivity contribution in [2.45, 2.75) is 52.7 Å².